The number of fused-ring (bicyclic) bond motifs is 1. The van der Waals surface area contributed by atoms with Crippen LogP contribution in [0.25, 0.3) is 10.1 Å². The molecule has 17 heavy (non-hydrogen) atoms. The summed E-state index contributed by atoms with van der Waals surface area (Å²) in [5.41, 5.74) is 7.24. The van der Waals surface area contributed by atoms with Gasteiger partial charge in [0, 0.05) is 34.6 Å². The topological polar surface area (TPSA) is 29.3 Å². The summed E-state index contributed by atoms with van der Waals surface area (Å²) in [5, 5.41) is 3.57. The maximum Gasteiger partial charge on any atom is 0.0552 e. The SMILES string of the molecule is CN(CCC(C)(C)N)c1csc2ccccc12. The van der Waals surface area contributed by atoms with E-state index in [0.717, 1.165) is 13.0 Å². The van der Waals surface area contributed by atoms with Crippen molar-refractivity contribution < 1.29 is 0 Å². The second-order valence-electron chi connectivity index (χ2n) is 5.28. The minimum Gasteiger partial charge on any atom is -0.373 e. The summed E-state index contributed by atoms with van der Waals surface area (Å²) >= 11 is 1.80. The molecule has 0 spiro atoms. The first-order chi connectivity index (χ1) is 7.97. The second kappa shape index (κ2) is 4.67. The average Bonchev–Trinajstić information content (AvgIpc) is 2.68. The van der Waals surface area contributed by atoms with E-state index < -0.39 is 0 Å². The zero-order valence-corrected chi connectivity index (χ0v) is 11.6. The fraction of sp³-hybridized carbons (Fsp3) is 0.429. The molecule has 92 valence electrons. The predicted octanol–water partition coefficient (Wildman–Crippen LogP) is 3.46. The van der Waals surface area contributed by atoms with Crippen molar-refractivity contribution in [2.75, 3.05) is 18.5 Å². The molecule has 0 amide bonds. The molecule has 0 saturated heterocycles. The summed E-state index contributed by atoms with van der Waals surface area (Å²) in [4.78, 5) is 2.30. The first-order valence-corrected chi connectivity index (χ1v) is 6.81. The Morgan fingerprint density at radius 3 is 2.71 bits per heavy atom. The van der Waals surface area contributed by atoms with Crippen LogP contribution in [-0.4, -0.2) is 19.1 Å². The Morgan fingerprint density at radius 2 is 2.00 bits per heavy atom. The lowest BCUT2D eigenvalue weighted by Crippen LogP contribution is -2.36. The summed E-state index contributed by atoms with van der Waals surface area (Å²) in [6.45, 7) is 5.14. The van der Waals surface area contributed by atoms with E-state index in [1.807, 2.05) is 0 Å². The van der Waals surface area contributed by atoms with E-state index in [0.29, 0.717) is 0 Å². The summed E-state index contributed by atoms with van der Waals surface area (Å²) in [6.07, 6.45) is 0.994. The lowest BCUT2D eigenvalue weighted by molar-refractivity contribution is 0.479. The number of nitrogens with two attached hydrogens (primary N) is 1. The van der Waals surface area contributed by atoms with Crippen LogP contribution < -0.4 is 10.6 Å². The highest BCUT2D eigenvalue weighted by Crippen LogP contribution is 2.32. The third kappa shape index (κ3) is 2.99. The highest BCUT2D eigenvalue weighted by Gasteiger charge is 2.13. The summed E-state index contributed by atoms with van der Waals surface area (Å²) in [6, 6.07) is 8.54. The Morgan fingerprint density at radius 1 is 1.29 bits per heavy atom. The van der Waals surface area contributed by atoms with Crippen molar-refractivity contribution in [3.05, 3.63) is 29.6 Å². The van der Waals surface area contributed by atoms with Gasteiger partial charge in [-0.25, -0.2) is 0 Å². The van der Waals surface area contributed by atoms with Gasteiger partial charge < -0.3 is 10.6 Å². The van der Waals surface area contributed by atoms with E-state index in [-0.39, 0.29) is 5.54 Å². The molecule has 2 aromatic rings. The number of anilines is 1. The van der Waals surface area contributed by atoms with Crippen LogP contribution in [0.1, 0.15) is 20.3 Å². The van der Waals surface area contributed by atoms with Crippen molar-refractivity contribution in [1.82, 2.24) is 0 Å². The van der Waals surface area contributed by atoms with Crippen LogP contribution in [0.15, 0.2) is 29.6 Å². The molecule has 0 saturated carbocycles. The van der Waals surface area contributed by atoms with Gasteiger partial charge in [0.15, 0.2) is 0 Å². The Labute approximate surface area is 107 Å². The molecule has 1 aromatic carbocycles. The molecule has 1 heterocycles. The minimum atomic E-state index is -0.0971. The van der Waals surface area contributed by atoms with E-state index in [4.69, 9.17) is 5.73 Å². The Kier molecular flexibility index (Phi) is 3.40. The maximum atomic E-state index is 6.03. The second-order valence-corrected chi connectivity index (χ2v) is 6.19. The van der Waals surface area contributed by atoms with Gasteiger partial charge in [0.1, 0.15) is 0 Å². The van der Waals surface area contributed by atoms with Gasteiger partial charge in [0.2, 0.25) is 0 Å². The largest absolute Gasteiger partial charge is 0.373 e. The van der Waals surface area contributed by atoms with Crippen LogP contribution in [0, 0.1) is 0 Å². The number of nitrogens with zero attached hydrogens (tertiary/aromatic N) is 1. The number of rotatable bonds is 4. The summed E-state index contributed by atoms with van der Waals surface area (Å²) < 4.78 is 1.35. The molecule has 3 heteroatoms. The average molecular weight is 248 g/mol. The molecule has 2 nitrogen and oxygen atoms in total. The lowest BCUT2D eigenvalue weighted by Gasteiger charge is -2.24. The zero-order chi connectivity index (χ0) is 12.5. The van der Waals surface area contributed by atoms with Gasteiger partial charge in [-0.1, -0.05) is 18.2 Å². The van der Waals surface area contributed by atoms with Crippen LogP contribution in [0.5, 0.6) is 0 Å². The van der Waals surface area contributed by atoms with Crippen molar-refractivity contribution >= 4 is 27.1 Å². The van der Waals surface area contributed by atoms with E-state index in [1.165, 1.54) is 15.8 Å². The third-order valence-electron chi connectivity index (χ3n) is 2.96. The third-order valence-corrected chi connectivity index (χ3v) is 3.91. The molecular weight excluding hydrogens is 228 g/mol. The maximum absolute atomic E-state index is 6.03. The van der Waals surface area contributed by atoms with Gasteiger partial charge >= 0.3 is 0 Å². The lowest BCUT2D eigenvalue weighted by atomic mass is 10.0. The van der Waals surface area contributed by atoms with E-state index >= 15 is 0 Å². The Hall–Kier alpha value is -1.06. The number of hydrogen-bond acceptors (Lipinski definition) is 3. The minimum absolute atomic E-state index is 0.0971. The zero-order valence-electron chi connectivity index (χ0n) is 10.7. The molecule has 0 radical (unpaired) electrons. The van der Waals surface area contributed by atoms with Crippen LogP contribution in [-0.2, 0) is 0 Å². The fourth-order valence-electron chi connectivity index (χ4n) is 1.84. The number of thiophene rings is 1. The Balaban J connectivity index is 2.16. The smallest absolute Gasteiger partial charge is 0.0552 e. The van der Waals surface area contributed by atoms with E-state index in [1.54, 1.807) is 11.3 Å². The van der Waals surface area contributed by atoms with Gasteiger partial charge in [-0.15, -0.1) is 11.3 Å². The first-order valence-electron chi connectivity index (χ1n) is 5.94. The van der Waals surface area contributed by atoms with Gasteiger partial charge in [-0.3, -0.25) is 0 Å². The molecule has 2 N–H and O–H groups in total. The van der Waals surface area contributed by atoms with Crippen LogP contribution in [0.2, 0.25) is 0 Å². The van der Waals surface area contributed by atoms with Gasteiger partial charge in [0.25, 0.3) is 0 Å². The molecule has 0 unspecified atom stereocenters. The van der Waals surface area contributed by atoms with Crippen LogP contribution in [0.3, 0.4) is 0 Å². The molecule has 0 aliphatic rings. The summed E-state index contributed by atoms with van der Waals surface area (Å²) in [5.74, 6) is 0. The van der Waals surface area contributed by atoms with E-state index in [2.05, 4.69) is 55.4 Å². The molecule has 0 fully saturated rings. The first kappa shape index (κ1) is 12.4. The van der Waals surface area contributed by atoms with Gasteiger partial charge in [-0.05, 0) is 26.3 Å². The molecule has 0 aliphatic heterocycles. The molecule has 1 aromatic heterocycles. The van der Waals surface area contributed by atoms with Crippen LogP contribution in [0.4, 0.5) is 5.69 Å². The van der Waals surface area contributed by atoms with Crippen molar-refractivity contribution in [2.24, 2.45) is 5.73 Å². The highest BCUT2D eigenvalue weighted by atomic mass is 32.1. The monoisotopic (exact) mass is 248 g/mol. The molecule has 0 atom stereocenters. The Bertz CT molecular complexity index is 496. The van der Waals surface area contributed by atoms with Crippen molar-refractivity contribution in [2.45, 2.75) is 25.8 Å². The standard InChI is InChI=1S/C14H20N2S/c1-14(2,15)8-9-16(3)12-10-17-13-7-5-4-6-11(12)13/h4-7,10H,8-9,15H2,1-3H3. The number of benzene rings is 1. The van der Waals surface area contributed by atoms with Crippen molar-refractivity contribution in [3.63, 3.8) is 0 Å². The molecule has 2 rings (SSSR count). The van der Waals surface area contributed by atoms with Crippen molar-refractivity contribution in [1.29, 1.82) is 0 Å². The van der Waals surface area contributed by atoms with Gasteiger partial charge in [-0.2, -0.15) is 0 Å². The highest BCUT2D eigenvalue weighted by molar-refractivity contribution is 7.17. The normalized spacial score (nSPS) is 12.0. The van der Waals surface area contributed by atoms with Gasteiger partial charge in [0.05, 0.1) is 5.69 Å². The molecular formula is C14H20N2S. The molecule has 0 aliphatic carbocycles. The van der Waals surface area contributed by atoms with Crippen molar-refractivity contribution in [3.8, 4) is 0 Å². The number of hydrogen-bond donors (Lipinski definition) is 1. The van der Waals surface area contributed by atoms with E-state index in [9.17, 15) is 0 Å². The van der Waals surface area contributed by atoms with Crippen LogP contribution >= 0.6 is 11.3 Å². The quantitative estimate of drug-likeness (QED) is 0.897. The predicted molar refractivity (Wildman–Crippen MR) is 78.0 cm³/mol. The molecule has 0 bridgehead atoms. The fourth-order valence-corrected chi connectivity index (χ4v) is 2.84. The summed E-state index contributed by atoms with van der Waals surface area (Å²) in [7, 11) is 2.14.